The molecule has 1 nitrogen and oxygen atoms in total. The van der Waals surface area contributed by atoms with Crippen molar-refractivity contribution in [2.24, 2.45) is 0 Å². The Labute approximate surface area is 211 Å². The van der Waals surface area contributed by atoms with Crippen molar-refractivity contribution in [3.8, 4) is 33.4 Å². The summed E-state index contributed by atoms with van der Waals surface area (Å²) in [4.78, 5) is 0. The van der Waals surface area contributed by atoms with Gasteiger partial charge in [-0.15, -0.1) is 0 Å². The lowest BCUT2D eigenvalue weighted by Crippen LogP contribution is -2.15. The lowest BCUT2D eigenvalue weighted by Gasteiger charge is -2.23. The first-order valence-electron chi connectivity index (χ1n) is 12.9. The third-order valence-electron chi connectivity index (χ3n) is 8.59. The van der Waals surface area contributed by atoms with Gasteiger partial charge in [0.15, 0.2) is 0 Å². The molecular weight excluding hydrogens is 436 g/mol. The smallest absolute Gasteiger partial charge is 0.135 e. The second-order valence-electron chi connectivity index (χ2n) is 10.9. The first-order valence-corrected chi connectivity index (χ1v) is 12.9. The predicted octanol–water partition coefficient (Wildman–Crippen LogP) is 9.32. The molecule has 6 aromatic rings. The summed E-state index contributed by atoms with van der Waals surface area (Å²) >= 11 is 0. The number of fused-ring (bicyclic) bond motifs is 9. The van der Waals surface area contributed by atoms with Gasteiger partial charge in [-0.25, -0.2) is 0 Å². The molecule has 0 atom stereocenters. The van der Waals surface area contributed by atoms with Gasteiger partial charge in [-0.1, -0.05) is 80.6 Å². The van der Waals surface area contributed by atoms with Crippen molar-refractivity contribution in [2.75, 3.05) is 0 Å². The molecule has 1 heterocycles. The Morgan fingerprint density at radius 3 is 2.17 bits per heavy atom. The van der Waals surface area contributed by atoms with Crippen LogP contribution in [0.25, 0.3) is 55.3 Å². The molecule has 1 aromatic heterocycles. The Hall–Kier alpha value is -4.10. The standard InChI is InChI=1S/C35H26O/c1-35(2)31-18-24(23-14-13-22-12-11-21-7-3-4-8-25(21)28(22)17-23)15-16-26(31)29-19-30-27-9-5-6-10-33(27)36-34(30)20-32(29)35/h3-10,13-20H,11-12H2,1-2H3. The Balaban J connectivity index is 1.29. The van der Waals surface area contributed by atoms with Crippen LogP contribution >= 0.6 is 0 Å². The van der Waals surface area contributed by atoms with Crippen molar-refractivity contribution >= 4 is 21.9 Å². The van der Waals surface area contributed by atoms with Crippen molar-refractivity contribution in [1.82, 2.24) is 0 Å². The topological polar surface area (TPSA) is 13.1 Å². The summed E-state index contributed by atoms with van der Waals surface area (Å²) < 4.78 is 6.24. The number of hydrogen-bond donors (Lipinski definition) is 0. The molecular formula is C35H26O. The maximum absolute atomic E-state index is 6.24. The van der Waals surface area contributed by atoms with Crippen molar-refractivity contribution < 1.29 is 4.42 Å². The molecule has 0 bridgehead atoms. The molecule has 0 N–H and O–H groups in total. The molecule has 0 aliphatic heterocycles. The average molecular weight is 463 g/mol. The summed E-state index contributed by atoms with van der Waals surface area (Å²) in [5, 5.41) is 2.39. The van der Waals surface area contributed by atoms with Crippen LogP contribution in [-0.4, -0.2) is 0 Å². The van der Waals surface area contributed by atoms with Crippen LogP contribution in [0, 0.1) is 0 Å². The van der Waals surface area contributed by atoms with Crippen LogP contribution in [0.3, 0.4) is 0 Å². The van der Waals surface area contributed by atoms with Gasteiger partial charge in [0.25, 0.3) is 0 Å². The van der Waals surface area contributed by atoms with Crippen LogP contribution in [0.4, 0.5) is 0 Å². The number of hydrogen-bond acceptors (Lipinski definition) is 1. The molecule has 0 amide bonds. The molecule has 0 saturated carbocycles. The van der Waals surface area contributed by atoms with Crippen LogP contribution in [-0.2, 0) is 18.3 Å². The normalized spacial score (nSPS) is 14.9. The number of para-hydroxylation sites is 1. The highest BCUT2D eigenvalue weighted by molar-refractivity contribution is 6.07. The quantitative estimate of drug-likeness (QED) is 0.237. The first-order chi connectivity index (χ1) is 17.6. The Morgan fingerprint density at radius 2 is 1.25 bits per heavy atom. The predicted molar refractivity (Wildman–Crippen MR) is 150 cm³/mol. The first kappa shape index (κ1) is 20.1. The molecule has 1 heteroatoms. The zero-order valence-electron chi connectivity index (χ0n) is 20.6. The third kappa shape index (κ3) is 2.66. The molecule has 0 saturated heterocycles. The van der Waals surface area contributed by atoms with Crippen molar-refractivity contribution in [3.63, 3.8) is 0 Å². The molecule has 2 aliphatic rings. The Bertz CT molecular complexity index is 1860. The van der Waals surface area contributed by atoms with Crippen LogP contribution in [0.5, 0.6) is 0 Å². The van der Waals surface area contributed by atoms with Crippen molar-refractivity contribution in [1.29, 1.82) is 0 Å². The van der Waals surface area contributed by atoms with Gasteiger partial charge in [0, 0.05) is 16.2 Å². The van der Waals surface area contributed by atoms with Gasteiger partial charge in [-0.05, 0) is 98.8 Å². The molecule has 2 aliphatic carbocycles. The molecule has 0 radical (unpaired) electrons. The molecule has 0 unspecified atom stereocenters. The highest BCUT2D eigenvalue weighted by Gasteiger charge is 2.36. The highest BCUT2D eigenvalue weighted by atomic mass is 16.3. The Kier molecular flexibility index (Phi) is 3.90. The fourth-order valence-electron chi connectivity index (χ4n) is 6.63. The average Bonchev–Trinajstić information content (AvgIpc) is 3.39. The van der Waals surface area contributed by atoms with E-state index in [1.165, 1.54) is 66.4 Å². The van der Waals surface area contributed by atoms with Gasteiger partial charge >= 0.3 is 0 Å². The van der Waals surface area contributed by atoms with E-state index < -0.39 is 0 Å². The largest absolute Gasteiger partial charge is 0.456 e. The minimum Gasteiger partial charge on any atom is -0.456 e. The van der Waals surface area contributed by atoms with Crippen LogP contribution < -0.4 is 0 Å². The summed E-state index contributed by atoms with van der Waals surface area (Å²) in [5.41, 5.74) is 15.5. The molecule has 172 valence electrons. The van der Waals surface area contributed by atoms with Crippen LogP contribution in [0.15, 0.2) is 101 Å². The van der Waals surface area contributed by atoms with Gasteiger partial charge in [-0.3, -0.25) is 0 Å². The van der Waals surface area contributed by atoms with Gasteiger partial charge in [0.1, 0.15) is 11.2 Å². The molecule has 0 fully saturated rings. The van der Waals surface area contributed by atoms with Crippen molar-refractivity contribution in [3.05, 3.63) is 119 Å². The fraction of sp³-hybridized carbons (Fsp3) is 0.143. The zero-order valence-corrected chi connectivity index (χ0v) is 20.6. The summed E-state index contributed by atoms with van der Waals surface area (Å²) in [5.74, 6) is 0. The second kappa shape index (κ2) is 6.98. The number of rotatable bonds is 1. The van der Waals surface area contributed by atoms with E-state index in [9.17, 15) is 0 Å². The lowest BCUT2D eigenvalue weighted by molar-refractivity contribution is 0.647. The van der Waals surface area contributed by atoms with E-state index in [2.05, 4.69) is 105 Å². The SMILES string of the molecule is CC1(C)c2cc(-c3ccc4c(c3)-c3ccccc3CC4)ccc2-c2cc3c(cc21)oc1ccccc13. The Morgan fingerprint density at radius 1 is 0.528 bits per heavy atom. The van der Waals surface area contributed by atoms with Crippen LogP contribution in [0.1, 0.15) is 36.1 Å². The lowest BCUT2D eigenvalue weighted by atomic mass is 9.81. The van der Waals surface area contributed by atoms with E-state index in [1.807, 2.05) is 6.07 Å². The third-order valence-corrected chi connectivity index (χ3v) is 8.59. The summed E-state index contributed by atoms with van der Waals surface area (Å²) in [7, 11) is 0. The van der Waals surface area contributed by atoms with Gasteiger partial charge < -0.3 is 4.42 Å². The van der Waals surface area contributed by atoms with Gasteiger partial charge in [-0.2, -0.15) is 0 Å². The molecule has 5 aromatic carbocycles. The number of furan rings is 1. The molecule has 0 spiro atoms. The maximum Gasteiger partial charge on any atom is 0.135 e. The zero-order chi connectivity index (χ0) is 24.0. The van der Waals surface area contributed by atoms with Crippen molar-refractivity contribution in [2.45, 2.75) is 32.1 Å². The van der Waals surface area contributed by atoms with E-state index in [0.29, 0.717) is 0 Å². The van der Waals surface area contributed by atoms with Gasteiger partial charge in [0.2, 0.25) is 0 Å². The monoisotopic (exact) mass is 462 g/mol. The minimum atomic E-state index is -0.0886. The number of aryl methyl sites for hydroxylation is 2. The highest BCUT2D eigenvalue weighted by Crippen LogP contribution is 2.51. The summed E-state index contributed by atoms with van der Waals surface area (Å²) in [6.45, 7) is 4.69. The number of benzene rings is 5. The molecule has 36 heavy (non-hydrogen) atoms. The summed E-state index contributed by atoms with van der Waals surface area (Å²) in [6.07, 6.45) is 2.25. The maximum atomic E-state index is 6.24. The van der Waals surface area contributed by atoms with Gasteiger partial charge in [0.05, 0.1) is 0 Å². The van der Waals surface area contributed by atoms with E-state index in [4.69, 9.17) is 4.42 Å². The van der Waals surface area contributed by atoms with E-state index >= 15 is 0 Å². The minimum absolute atomic E-state index is 0.0886. The second-order valence-corrected chi connectivity index (χ2v) is 10.9. The van der Waals surface area contributed by atoms with E-state index in [1.54, 1.807) is 0 Å². The van der Waals surface area contributed by atoms with E-state index in [-0.39, 0.29) is 5.41 Å². The molecule has 8 rings (SSSR count). The van der Waals surface area contributed by atoms with Crippen LogP contribution in [0.2, 0.25) is 0 Å². The summed E-state index contributed by atoms with van der Waals surface area (Å²) in [6, 6.07) is 36.0. The van der Waals surface area contributed by atoms with E-state index in [0.717, 1.165) is 24.0 Å². The fourth-order valence-corrected chi connectivity index (χ4v) is 6.63.